The summed E-state index contributed by atoms with van der Waals surface area (Å²) in [5, 5.41) is 12.2. The smallest absolute Gasteiger partial charge is 0.326 e. The molecular weight excluding hydrogens is 256 g/mol. The van der Waals surface area contributed by atoms with Crippen molar-refractivity contribution in [2.45, 2.75) is 50.6 Å². The van der Waals surface area contributed by atoms with Gasteiger partial charge in [0, 0.05) is 6.04 Å². The third-order valence-corrected chi connectivity index (χ3v) is 4.45. The number of hydrogen-bond acceptors (Lipinski definition) is 3. The van der Waals surface area contributed by atoms with Crippen molar-refractivity contribution in [1.82, 2.24) is 10.2 Å². The summed E-state index contributed by atoms with van der Waals surface area (Å²) in [6.45, 7) is 0.447. The Labute approximate surface area is 119 Å². The van der Waals surface area contributed by atoms with E-state index in [4.69, 9.17) is 6.42 Å². The summed E-state index contributed by atoms with van der Waals surface area (Å²) in [4.78, 5) is 25.4. The highest BCUT2D eigenvalue weighted by Crippen LogP contribution is 2.37. The summed E-state index contributed by atoms with van der Waals surface area (Å²) in [7, 11) is 0. The molecule has 1 amide bonds. The summed E-state index contributed by atoms with van der Waals surface area (Å²) >= 11 is 0. The molecule has 1 saturated carbocycles. The van der Waals surface area contributed by atoms with E-state index in [1.165, 1.54) is 6.42 Å². The second-order valence-electron chi connectivity index (χ2n) is 5.65. The molecule has 2 N–H and O–H groups in total. The van der Waals surface area contributed by atoms with Crippen LogP contribution < -0.4 is 5.32 Å². The number of hydrogen-bond donors (Lipinski definition) is 2. The molecule has 1 saturated heterocycles. The Bertz CT molecular complexity index is 416. The molecule has 2 aliphatic rings. The number of nitrogens with one attached hydrogen (secondary N) is 1. The average Bonchev–Trinajstić information content (AvgIpc) is 2.46. The number of carbonyl (C=O) groups excluding carboxylic acids is 1. The minimum absolute atomic E-state index is 0.0961. The topological polar surface area (TPSA) is 69.6 Å². The minimum atomic E-state index is -0.890. The van der Waals surface area contributed by atoms with E-state index in [9.17, 15) is 14.7 Å². The number of carboxylic acid groups (broad SMARTS) is 1. The fourth-order valence-electron chi connectivity index (χ4n) is 3.57. The van der Waals surface area contributed by atoms with Crippen molar-refractivity contribution in [3.05, 3.63) is 0 Å². The fourth-order valence-corrected chi connectivity index (χ4v) is 3.57. The van der Waals surface area contributed by atoms with Crippen LogP contribution in [0.25, 0.3) is 0 Å². The molecule has 2 fully saturated rings. The standard InChI is InChI=1S/C15H22N2O3/c1-2-9-16-10-14(18)17-12-6-4-3-5-11(12)7-8-13(17)15(19)20/h1,11-13,16H,3-10H2,(H,19,20). The molecule has 3 unspecified atom stereocenters. The summed E-state index contributed by atoms with van der Waals surface area (Å²) in [6.07, 6.45) is 10.9. The Hall–Kier alpha value is -1.54. The van der Waals surface area contributed by atoms with Crippen molar-refractivity contribution in [1.29, 1.82) is 0 Å². The molecule has 1 aliphatic heterocycles. The van der Waals surface area contributed by atoms with Crippen LogP contribution in [0.2, 0.25) is 0 Å². The third kappa shape index (κ3) is 3.13. The van der Waals surface area contributed by atoms with E-state index in [1.54, 1.807) is 4.90 Å². The second-order valence-corrected chi connectivity index (χ2v) is 5.65. The Balaban J connectivity index is 2.10. The van der Waals surface area contributed by atoms with Crippen molar-refractivity contribution in [2.24, 2.45) is 5.92 Å². The van der Waals surface area contributed by atoms with Gasteiger partial charge in [-0.2, -0.15) is 0 Å². The number of carboxylic acids is 1. The molecular formula is C15H22N2O3. The summed E-state index contributed by atoms with van der Waals surface area (Å²) in [5.41, 5.74) is 0. The van der Waals surface area contributed by atoms with Crippen LogP contribution in [0.3, 0.4) is 0 Å². The van der Waals surface area contributed by atoms with Gasteiger partial charge in [-0.15, -0.1) is 6.42 Å². The van der Waals surface area contributed by atoms with Crippen molar-refractivity contribution >= 4 is 11.9 Å². The van der Waals surface area contributed by atoms with Crippen LogP contribution in [0.4, 0.5) is 0 Å². The third-order valence-electron chi connectivity index (χ3n) is 4.45. The van der Waals surface area contributed by atoms with E-state index >= 15 is 0 Å². The van der Waals surface area contributed by atoms with Crippen molar-refractivity contribution in [3.8, 4) is 12.3 Å². The minimum Gasteiger partial charge on any atom is -0.480 e. The summed E-state index contributed by atoms with van der Waals surface area (Å²) in [6, 6.07) is -0.576. The maximum absolute atomic E-state index is 12.4. The molecule has 0 radical (unpaired) electrons. The Morgan fingerprint density at radius 1 is 1.25 bits per heavy atom. The molecule has 0 aromatic carbocycles. The summed E-state index contributed by atoms with van der Waals surface area (Å²) < 4.78 is 0. The monoisotopic (exact) mass is 278 g/mol. The predicted molar refractivity (Wildman–Crippen MR) is 75.0 cm³/mol. The van der Waals surface area contributed by atoms with Crippen LogP contribution in [-0.4, -0.2) is 47.1 Å². The summed E-state index contributed by atoms with van der Waals surface area (Å²) in [5.74, 6) is 1.86. The number of amides is 1. The molecule has 5 heteroatoms. The van der Waals surface area contributed by atoms with Gasteiger partial charge in [-0.25, -0.2) is 4.79 Å². The van der Waals surface area contributed by atoms with Crippen LogP contribution in [0.15, 0.2) is 0 Å². The fraction of sp³-hybridized carbons (Fsp3) is 0.733. The molecule has 20 heavy (non-hydrogen) atoms. The lowest BCUT2D eigenvalue weighted by molar-refractivity contribution is -0.157. The molecule has 1 aliphatic carbocycles. The van der Waals surface area contributed by atoms with E-state index in [2.05, 4.69) is 11.2 Å². The quantitative estimate of drug-likeness (QED) is 0.591. The van der Waals surface area contributed by atoms with Crippen LogP contribution in [0.1, 0.15) is 38.5 Å². The van der Waals surface area contributed by atoms with Gasteiger partial charge in [0.1, 0.15) is 6.04 Å². The lowest BCUT2D eigenvalue weighted by Gasteiger charge is -2.47. The number of rotatable bonds is 4. The number of likely N-dealkylation sites (tertiary alicyclic amines) is 1. The molecule has 3 atom stereocenters. The lowest BCUT2D eigenvalue weighted by atomic mass is 9.76. The Morgan fingerprint density at radius 3 is 2.70 bits per heavy atom. The maximum atomic E-state index is 12.4. The zero-order valence-electron chi connectivity index (χ0n) is 11.7. The highest BCUT2D eigenvalue weighted by Gasteiger charge is 2.43. The van der Waals surface area contributed by atoms with Crippen molar-refractivity contribution < 1.29 is 14.7 Å². The number of piperidine rings is 1. The molecule has 2 rings (SSSR count). The second kappa shape index (κ2) is 6.76. The predicted octanol–water partition coefficient (Wildman–Crippen LogP) is 0.844. The van der Waals surface area contributed by atoms with E-state index in [0.717, 1.165) is 25.7 Å². The number of terminal acetylenes is 1. The van der Waals surface area contributed by atoms with Crippen LogP contribution in [0, 0.1) is 18.3 Å². The molecule has 0 aromatic heterocycles. The molecule has 110 valence electrons. The first-order valence-corrected chi connectivity index (χ1v) is 7.33. The van der Waals surface area contributed by atoms with Gasteiger partial charge in [-0.3, -0.25) is 10.1 Å². The number of carbonyl (C=O) groups is 2. The van der Waals surface area contributed by atoms with Crippen molar-refractivity contribution in [3.63, 3.8) is 0 Å². The first kappa shape index (κ1) is 14.9. The van der Waals surface area contributed by atoms with E-state index in [1.807, 2.05) is 0 Å². The molecule has 5 nitrogen and oxygen atoms in total. The molecule has 0 bridgehead atoms. The van der Waals surface area contributed by atoms with Gasteiger partial charge in [-0.1, -0.05) is 18.8 Å². The van der Waals surface area contributed by atoms with Gasteiger partial charge < -0.3 is 10.0 Å². The van der Waals surface area contributed by atoms with Crippen LogP contribution in [-0.2, 0) is 9.59 Å². The largest absolute Gasteiger partial charge is 0.480 e. The van der Waals surface area contributed by atoms with Gasteiger partial charge in [0.15, 0.2) is 0 Å². The average molecular weight is 278 g/mol. The lowest BCUT2D eigenvalue weighted by Crippen LogP contribution is -2.59. The highest BCUT2D eigenvalue weighted by atomic mass is 16.4. The molecule has 0 spiro atoms. The molecule has 0 aromatic rings. The van der Waals surface area contributed by atoms with Gasteiger partial charge in [0.05, 0.1) is 13.1 Å². The first-order valence-electron chi connectivity index (χ1n) is 7.33. The Kier molecular flexibility index (Phi) is 5.02. The van der Waals surface area contributed by atoms with Gasteiger partial charge >= 0.3 is 5.97 Å². The SMILES string of the molecule is C#CCNCC(=O)N1C(C(=O)O)CCC2CCCCC21. The van der Waals surface area contributed by atoms with Gasteiger partial charge in [0.2, 0.25) is 5.91 Å². The van der Waals surface area contributed by atoms with Crippen molar-refractivity contribution in [2.75, 3.05) is 13.1 Å². The zero-order valence-corrected chi connectivity index (χ0v) is 11.7. The molecule has 1 heterocycles. The van der Waals surface area contributed by atoms with Crippen LogP contribution >= 0.6 is 0 Å². The van der Waals surface area contributed by atoms with Crippen LogP contribution in [0.5, 0.6) is 0 Å². The van der Waals surface area contributed by atoms with E-state index in [0.29, 0.717) is 18.9 Å². The number of fused-ring (bicyclic) bond motifs is 1. The first-order chi connectivity index (χ1) is 9.65. The Morgan fingerprint density at radius 2 is 2.00 bits per heavy atom. The van der Waals surface area contributed by atoms with E-state index in [-0.39, 0.29) is 18.5 Å². The maximum Gasteiger partial charge on any atom is 0.326 e. The normalized spacial score (nSPS) is 29.4. The number of nitrogens with zero attached hydrogens (tertiary/aromatic N) is 1. The van der Waals surface area contributed by atoms with Gasteiger partial charge in [0.25, 0.3) is 0 Å². The number of aliphatic carboxylic acids is 1. The zero-order chi connectivity index (χ0) is 14.5. The van der Waals surface area contributed by atoms with Gasteiger partial charge in [-0.05, 0) is 31.6 Å². The van der Waals surface area contributed by atoms with E-state index < -0.39 is 12.0 Å². The highest BCUT2D eigenvalue weighted by molar-refractivity contribution is 5.85.